The fourth-order valence-corrected chi connectivity index (χ4v) is 2.84. The highest BCUT2D eigenvalue weighted by molar-refractivity contribution is 6.31. The van der Waals surface area contributed by atoms with Crippen molar-refractivity contribution in [1.29, 1.82) is 0 Å². The van der Waals surface area contributed by atoms with Crippen LogP contribution in [0.1, 0.15) is 38.2 Å². The van der Waals surface area contributed by atoms with Crippen molar-refractivity contribution in [2.75, 3.05) is 11.4 Å². The Morgan fingerprint density at radius 3 is 2.94 bits per heavy atom. The van der Waals surface area contributed by atoms with Crippen LogP contribution in [-0.2, 0) is 5.88 Å². The molecule has 1 aromatic rings. The number of alkyl halides is 1. The number of nitrogens with zero attached hydrogens (tertiary/aromatic N) is 3. The summed E-state index contributed by atoms with van der Waals surface area (Å²) in [6.45, 7) is 3.26. The van der Waals surface area contributed by atoms with E-state index in [0.29, 0.717) is 17.1 Å². The summed E-state index contributed by atoms with van der Waals surface area (Å²) < 4.78 is 0. The third-order valence-corrected chi connectivity index (χ3v) is 3.92. The first kappa shape index (κ1) is 12.9. The summed E-state index contributed by atoms with van der Waals surface area (Å²) in [5.41, 5.74) is 0.851. The molecule has 0 radical (unpaired) electrons. The van der Waals surface area contributed by atoms with Gasteiger partial charge in [-0.3, -0.25) is 0 Å². The first-order valence-electron chi connectivity index (χ1n) is 6.06. The Morgan fingerprint density at radius 2 is 2.18 bits per heavy atom. The molecule has 94 valence electrons. The highest BCUT2D eigenvalue weighted by atomic mass is 35.5. The zero-order valence-electron chi connectivity index (χ0n) is 9.99. The van der Waals surface area contributed by atoms with Gasteiger partial charge < -0.3 is 4.90 Å². The first-order chi connectivity index (χ1) is 8.24. The van der Waals surface area contributed by atoms with Crippen molar-refractivity contribution in [3.63, 3.8) is 0 Å². The molecule has 1 aliphatic rings. The van der Waals surface area contributed by atoms with Gasteiger partial charge in [-0.2, -0.15) is 0 Å². The second-order valence-corrected chi connectivity index (χ2v) is 5.12. The fraction of sp³-hybridized carbons (Fsp3) is 0.667. The molecule has 1 unspecified atom stereocenters. The molecular formula is C12H17Cl2N3. The molecule has 1 atom stereocenters. The third-order valence-electron chi connectivity index (χ3n) is 3.33. The van der Waals surface area contributed by atoms with Gasteiger partial charge in [0.15, 0.2) is 0 Å². The molecule has 17 heavy (non-hydrogen) atoms. The smallest absolute Gasteiger partial charge is 0.138 e. The monoisotopic (exact) mass is 273 g/mol. The lowest BCUT2D eigenvalue weighted by molar-refractivity contribution is 0.609. The second-order valence-electron chi connectivity index (χ2n) is 4.49. The minimum Gasteiger partial charge on any atom is -0.354 e. The van der Waals surface area contributed by atoms with Crippen LogP contribution in [0.2, 0.25) is 5.15 Å². The third kappa shape index (κ3) is 2.83. The van der Waals surface area contributed by atoms with E-state index in [0.717, 1.165) is 17.9 Å². The summed E-state index contributed by atoms with van der Waals surface area (Å²) in [6, 6.07) is 0.491. The Bertz CT molecular complexity index is 384. The average Bonchev–Trinajstić information content (AvgIpc) is 2.53. The van der Waals surface area contributed by atoms with Crippen LogP contribution in [0.25, 0.3) is 0 Å². The van der Waals surface area contributed by atoms with E-state index in [1.807, 2.05) is 0 Å². The quantitative estimate of drug-likeness (QED) is 0.609. The number of anilines is 1. The molecule has 0 spiro atoms. The number of aromatic nitrogens is 2. The lowest BCUT2D eigenvalue weighted by Crippen LogP contribution is -2.34. The minimum absolute atomic E-state index is 0.359. The molecule has 0 aromatic carbocycles. The zero-order chi connectivity index (χ0) is 12.3. The van der Waals surface area contributed by atoms with Crippen LogP contribution in [-0.4, -0.2) is 22.6 Å². The van der Waals surface area contributed by atoms with Crippen molar-refractivity contribution < 1.29 is 0 Å². The van der Waals surface area contributed by atoms with Crippen LogP contribution in [0.15, 0.2) is 6.33 Å². The Hall–Kier alpha value is -0.540. The molecule has 1 aliphatic heterocycles. The van der Waals surface area contributed by atoms with Gasteiger partial charge in [0, 0.05) is 18.2 Å². The zero-order valence-corrected chi connectivity index (χ0v) is 11.5. The standard InChI is InChI=1S/C12H17Cl2N3/c1-9-5-3-2-4-6-17(9)12-10(7-13)11(14)15-8-16-12/h8-9H,2-7H2,1H3. The van der Waals surface area contributed by atoms with E-state index in [1.54, 1.807) is 0 Å². The van der Waals surface area contributed by atoms with Gasteiger partial charge in [-0.25, -0.2) is 9.97 Å². The van der Waals surface area contributed by atoms with Crippen molar-refractivity contribution in [2.24, 2.45) is 0 Å². The summed E-state index contributed by atoms with van der Waals surface area (Å²) in [7, 11) is 0. The summed E-state index contributed by atoms with van der Waals surface area (Å²) in [4.78, 5) is 10.7. The molecule has 5 heteroatoms. The van der Waals surface area contributed by atoms with Crippen molar-refractivity contribution in [2.45, 2.75) is 44.5 Å². The molecular weight excluding hydrogens is 257 g/mol. The van der Waals surface area contributed by atoms with E-state index in [1.165, 1.54) is 32.0 Å². The van der Waals surface area contributed by atoms with Gasteiger partial charge in [0.1, 0.15) is 17.3 Å². The lowest BCUT2D eigenvalue weighted by atomic mass is 10.1. The Kier molecular flexibility index (Phi) is 4.46. The first-order valence-corrected chi connectivity index (χ1v) is 6.97. The number of halogens is 2. The van der Waals surface area contributed by atoms with Crippen LogP contribution in [0.4, 0.5) is 5.82 Å². The molecule has 0 aliphatic carbocycles. The number of hydrogen-bond acceptors (Lipinski definition) is 3. The van der Waals surface area contributed by atoms with Gasteiger partial charge in [-0.05, 0) is 19.8 Å². The predicted octanol–water partition coefficient (Wildman–Crippen LogP) is 3.64. The van der Waals surface area contributed by atoms with Gasteiger partial charge in [0.2, 0.25) is 0 Å². The Morgan fingerprint density at radius 1 is 1.35 bits per heavy atom. The maximum absolute atomic E-state index is 6.08. The second kappa shape index (κ2) is 5.87. The minimum atomic E-state index is 0.359. The van der Waals surface area contributed by atoms with Crippen molar-refractivity contribution in [1.82, 2.24) is 9.97 Å². The fourth-order valence-electron chi connectivity index (χ4n) is 2.33. The Labute approximate surface area is 112 Å². The summed E-state index contributed by atoms with van der Waals surface area (Å²) in [5, 5.41) is 0.474. The largest absolute Gasteiger partial charge is 0.354 e. The molecule has 1 aromatic heterocycles. The molecule has 1 saturated heterocycles. The summed E-state index contributed by atoms with van der Waals surface area (Å²) >= 11 is 12.0. The number of hydrogen-bond donors (Lipinski definition) is 0. The predicted molar refractivity (Wildman–Crippen MR) is 71.9 cm³/mol. The average molecular weight is 274 g/mol. The van der Waals surface area contributed by atoms with Crippen molar-refractivity contribution in [3.8, 4) is 0 Å². The molecule has 1 fully saturated rings. The molecule has 2 rings (SSSR count). The van der Waals surface area contributed by atoms with Gasteiger partial charge in [-0.15, -0.1) is 11.6 Å². The Balaban J connectivity index is 2.34. The molecule has 0 bridgehead atoms. The topological polar surface area (TPSA) is 29.0 Å². The maximum Gasteiger partial charge on any atom is 0.138 e. The normalized spacial score (nSPS) is 21.4. The van der Waals surface area contributed by atoms with Crippen molar-refractivity contribution >= 4 is 29.0 Å². The van der Waals surface area contributed by atoms with E-state index in [-0.39, 0.29) is 0 Å². The van der Waals surface area contributed by atoms with Crippen LogP contribution < -0.4 is 4.90 Å². The van der Waals surface area contributed by atoms with Gasteiger partial charge in [0.25, 0.3) is 0 Å². The molecule has 0 amide bonds. The van der Waals surface area contributed by atoms with E-state index in [4.69, 9.17) is 23.2 Å². The van der Waals surface area contributed by atoms with Crippen LogP contribution in [0.3, 0.4) is 0 Å². The maximum atomic E-state index is 6.08. The molecule has 3 nitrogen and oxygen atoms in total. The molecule has 0 N–H and O–H groups in total. The van der Waals surface area contributed by atoms with Gasteiger partial charge >= 0.3 is 0 Å². The van der Waals surface area contributed by atoms with Gasteiger partial charge in [0.05, 0.1) is 5.88 Å². The highest BCUT2D eigenvalue weighted by Gasteiger charge is 2.22. The van der Waals surface area contributed by atoms with Crippen LogP contribution in [0.5, 0.6) is 0 Å². The van der Waals surface area contributed by atoms with Crippen LogP contribution >= 0.6 is 23.2 Å². The van der Waals surface area contributed by atoms with E-state index in [2.05, 4.69) is 21.8 Å². The van der Waals surface area contributed by atoms with Gasteiger partial charge in [-0.1, -0.05) is 24.4 Å². The van der Waals surface area contributed by atoms with Crippen molar-refractivity contribution in [3.05, 3.63) is 17.0 Å². The SMILES string of the molecule is CC1CCCCCN1c1ncnc(Cl)c1CCl. The summed E-state index contributed by atoms with van der Waals surface area (Å²) in [5.74, 6) is 1.27. The highest BCUT2D eigenvalue weighted by Crippen LogP contribution is 2.29. The lowest BCUT2D eigenvalue weighted by Gasteiger charge is -2.29. The summed E-state index contributed by atoms with van der Waals surface area (Å²) in [6.07, 6.45) is 6.49. The van der Waals surface area contributed by atoms with Crippen LogP contribution in [0, 0.1) is 0 Å². The van der Waals surface area contributed by atoms with E-state index in [9.17, 15) is 0 Å². The number of rotatable bonds is 2. The molecule has 2 heterocycles. The van der Waals surface area contributed by atoms with E-state index >= 15 is 0 Å². The van der Waals surface area contributed by atoms with E-state index < -0.39 is 0 Å². The molecule has 0 saturated carbocycles.